The van der Waals surface area contributed by atoms with Gasteiger partial charge in [0.1, 0.15) is 17.5 Å². The van der Waals surface area contributed by atoms with Crippen molar-refractivity contribution in [2.24, 2.45) is 5.92 Å². The summed E-state index contributed by atoms with van der Waals surface area (Å²) in [6, 6.07) is 13.2. The van der Waals surface area contributed by atoms with Gasteiger partial charge in [-0.3, -0.25) is 9.10 Å². The Morgan fingerprint density at radius 3 is 2.26 bits per heavy atom. The van der Waals surface area contributed by atoms with Crippen molar-refractivity contribution < 1.29 is 31.5 Å². The van der Waals surface area contributed by atoms with Crippen LogP contribution in [-0.2, 0) is 21.2 Å². The van der Waals surface area contributed by atoms with Gasteiger partial charge in [-0.15, -0.1) is 0 Å². The molecule has 0 heterocycles. The molecule has 0 fully saturated rings. The van der Waals surface area contributed by atoms with Crippen LogP contribution < -0.4 is 4.31 Å². The minimum Gasteiger partial charge on any atom is -0.481 e. The summed E-state index contributed by atoms with van der Waals surface area (Å²) in [6.45, 7) is -0.425. The molecule has 0 amide bonds. The summed E-state index contributed by atoms with van der Waals surface area (Å²) in [4.78, 5) is 11.6. The fourth-order valence-electron chi connectivity index (χ4n) is 3.48. The van der Waals surface area contributed by atoms with Gasteiger partial charge in [-0.2, -0.15) is 0 Å². The van der Waals surface area contributed by atoms with E-state index < -0.39 is 51.6 Å². The molecule has 0 bridgehead atoms. The van der Waals surface area contributed by atoms with Gasteiger partial charge in [0.2, 0.25) is 0 Å². The van der Waals surface area contributed by atoms with Crippen LogP contribution in [0.25, 0.3) is 0 Å². The second-order valence-corrected chi connectivity index (χ2v) is 9.92. The summed E-state index contributed by atoms with van der Waals surface area (Å²) < 4.78 is 69.2. The zero-order valence-electron chi connectivity index (χ0n) is 17.8. The highest BCUT2D eigenvalue weighted by molar-refractivity contribution is 7.92. The molecule has 1 atom stereocenters. The first kappa shape index (κ1) is 25.6. The molecule has 34 heavy (non-hydrogen) atoms. The molecule has 180 valence electrons. The topological polar surface area (TPSA) is 74.7 Å². The number of hydrogen-bond acceptors (Lipinski definition) is 3. The quantitative estimate of drug-likeness (QED) is 0.380. The largest absolute Gasteiger partial charge is 0.481 e. The van der Waals surface area contributed by atoms with Crippen LogP contribution in [-0.4, -0.2) is 26.0 Å². The van der Waals surface area contributed by atoms with Crippen molar-refractivity contribution in [3.05, 3.63) is 94.8 Å². The Hall–Kier alpha value is -3.04. The molecule has 10 heteroatoms. The van der Waals surface area contributed by atoms with Crippen LogP contribution in [0.3, 0.4) is 0 Å². The maximum absolute atomic E-state index is 14.6. The summed E-state index contributed by atoms with van der Waals surface area (Å²) in [7, 11) is -4.38. The van der Waals surface area contributed by atoms with Crippen molar-refractivity contribution in [1.82, 2.24) is 0 Å². The maximum atomic E-state index is 14.6. The zero-order valence-corrected chi connectivity index (χ0v) is 19.4. The fourth-order valence-corrected chi connectivity index (χ4v) is 5.08. The van der Waals surface area contributed by atoms with E-state index in [1.807, 2.05) is 0 Å². The minimum atomic E-state index is -4.38. The average molecular weight is 512 g/mol. The molecule has 3 aromatic rings. The summed E-state index contributed by atoms with van der Waals surface area (Å²) in [5, 5.41) is 9.93. The number of aliphatic carboxylic acids is 1. The number of anilines is 1. The molecule has 0 aliphatic carbocycles. The summed E-state index contributed by atoms with van der Waals surface area (Å²) in [5.74, 6) is -4.48. The Morgan fingerprint density at radius 2 is 1.62 bits per heavy atom. The monoisotopic (exact) mass is 511 g/mol. The molecule has 5 nitrogen and oxygen atoms in total. The minimum absolute atomic E-state index is 0.0965. The molecule has 1 unspecified atom stereocenters. The van der Waals surface area contributed by atoms with Gasteiger partial charge in [0, 0.05) is 17.6 Å². The number of aryl methyl sites for hydroxylation is 1. The Balaban J connectivity index is 1.89. The van der Waals surface area contributed by atoms with Crippen LogP contribution in [0.15, 0.2) is 71.6 Å². The molecule has 0 aromatic heterocycles. The number of carbonyl (C=O) groups is 1. The van der Waals surface area contributed by atoms with Crippen molar-refractivity contribution in [2.75, 3.05) is 10.8 Å². The van der Waals surface area contributed by atoms with E-state index >= 15 is 0 Å². The third kappa shape index (κ3) is 6.30. The summed E-state index contributed by atoms with van der Waals surface area (Å²) in [6.07, 6.45) is 0.152. The second kappa shape index (κ2) is 10.9. The van der Waals surface area contributed by atoms with E-state index in [2.05, 4.69) is 0 Å². The Morgan fingerprint density at radius 1 is 0.941 bits per heavy atom. The summed E-state index contributed by atoms with van der Waals surface area (Å²) >= 11 is 5.83. The number of sulfonamides is 1. The van der Waals surface area contributed by atoms with Crippen LogP contribution in [0.5, 0.6) is 0 Å². The molecule has 3 aromatic carbocycles. The lowest BCUT2D eigenvalue weighted by atomic mass is 9.96. The van der Waals surface area contributed by atoms with E-state index in [1.165, 1.54) is 42.5 Å². The Kier molecular flexibility index (Phi) is 8.22. The predicted octanol–water partition coefficient (Wildman–Crippen LogP) is 5.68. The third-order valence-electron chi connectivity index (χ3n) is 5.28. The van der Waals surface area contributed by atoms with E-state index in [-0.39, 0.29) is 29.2 Å². The van der Waals surface area contributed by atoms with Crippen molar-refractivity contribution in [3.8, 4) is 0 Å². The van der Waals surface area contributed by atoms with E-state index in [1.54, 1.807) is 6.07 Å². The van der Waals surface area contributed by atoms with Gasteiger partial charge in [0.25, 0.3) is 10.0 Å². The molecule has 1 N–H and O–H groups in total. The van der Waals surface area contributed by atoms with E-state index in [4.69, 9.17) is 11.6 Å². The first-order chi connectivity index (χ1) is 16.1. The number of carboxylic acids is 1. The first-order valence-corrected chi connectivity index (χ1v) is 12.1. The molecule has 0 radical (unpaired) electrons. The lowest BCUT2D eigenvalue weighted by molar-refractivity contribution is -0.142. The number of rotatable bonds is 10. The highest BCUT2D eigenvalue weighted by atomic mass is 35.5. The number of halogens is 4. The molecule has 0 aliphatic rings. The van der Waals surface area contributed by atoms with Crippen LogP contribution in [0.2, 0.25) is 5.02 Å². The molecule has 0 spiro atoms. The number of carboxylic acid groups (broad SMARTS) is 1. The van der Waals surface area contributed by atoms with Crippen molar-refractivity contribution in [2.45, 2.75) is 24.2 Å². The highest BCUT2D eigenvalue weighted by Crippen LogP contribution is 2.29. The van der Waals surface area contributed by atoms with Gasteiger partial charge in [0.15, 0.2) is 0 Å². The normalized spacial score (nSPS) is 12.4. The van der Waals surface area contributed by atoms with Gasteiger partial charge in [-0.25, -0.2) is 21.6 Å². The molecular weight excluding hydrogens is 491 g/mol. The Bertz CT molecular complexity index is 1270. The summed E-state index contributed by atoms with van der Waals surface area (Å²) in [5.41, 5.74) is 0.0530. The van der Waals surface area contributed by atoms with Gasteiger partial charge in [0.05, 0.1) is 16.5 Å². The number of benzene rings is 3. The predicted molar refractivity (Wildman–Crippen MR) is 123 cm³/mol. The molecule has 0 saturated heterocycles. The number of hydrogen-bond donors (Lipinski definition) is 1. The third-order valence-corrected chi connectivity index (χ3v) is 7.36. The molecule has 0 aliphatic heterocycles. The van der Waals surface area contributed by atoms with E-state index in [0.717, 1.165) is 18.2 Å². The number of nitrogens with zero attached hydrogens (tertiary/aromatic N) is 1. The van der Waals surface area contributed by atoms with Gasteiger partial charge >= 0.3 is 5.97 Å². The lowest BCUT2D eigenvalue weighted by Gasteiger charge is -2.26. The van der Waals surface area contributed by atoms with Gasteiger partial charge < -0.3 is 5.11 Å². The molecule has 0 saturated carbocycles. The van der Waals surface area contributed by atoms with Crippen molar-refractivity contribution in [1.29, 1.82) is 0 Å². The SMILES string of the molecule is O=C(O)C(CCc1cccc(F)c1)CCN(c1cc(F)ccc1F)S(=O)(=O)c1ccc(Cl)cc1. The van der Waals surface area contributed by atoms with Crippen LogP contribution >= 0.6 is 11.6 Å². The second-order valence-electron chi connectivity index (χ2n) is 7.62. The van der Waals surface area contributed by atoms with E-state index in [0.29, 0.717) is 9.87 Å². The molecular formula is C24H21ClF3NO4S. The van der Waals surface area contributed by atoms with Crippen LogP contribution in [0.1, 0.15) is 18.4 Å². The maximum Gasteiger partial charge on any atom is 0.306 e. The van der Waals surface area contributed by atoms with Crippen LogP contribution in [0.4, 0.5) is 18.9 Å². The molecule has 3 rings (SSSR count). The van der Waals surface area contributed by atoms with Crippen LogP contribution in [0, 0.1) is 23.4 Å². The van der Waals surface area contributed by atoms with Gasteiger partial charge in [-0.05, 0) is 73.4 Å². The lowest BCUT2D eigenvalue weighted by Crippen LogP contribution is -2.34. The zero-order chi connectivity index (χ0) is 24.9. The first-order valence-electron chi connectivity index (χ1n) is 10.3. The standard InChI is InChI=1S/C24H21ClF3NO4S/c25-18-6-9-21(10-7-18)34(32,33)29(23-15-20(27)8-11-22(23)28)13-12-17(24(30)31)5-4-16-2-1-3-19(26)14-16/h1-3,6-11,14-15,17H,4-5,12-13H2,(H,30,31). The van der Waals surface area contributed by atoms with Gasteiger partial charge in [-0.1, -0.05) is 23.7 Å². The highest BCUT2D eigenvalue weighted by Gasteiger charge is 2.29. The Labute approximate surface area is 200 Å². The average Bonchev–Trinajstić information content (AvgIpc) is 2.78. The van der Waals surface area contributed by atoms with E-state index in [9.17, 15) is 31.5 Å². The van der Waals surface area contributed by atoms with Crippen molar-refractivity contribution in [3.63, 3.8) is 0 Å². The van der Waals surface area contributed by atoms with Crippen molar-refractivity contribution >= 4 is 33.3 Å². The fraction of sp³-hybridized carbons (Fsp3) is 0.208. The smallest absolute Gasteiger partial charge is 0.306 e.